The molecule has 0 aromatic rings. The zero-order valence-corrected chi connectivity index (χ0v) is 11.9. The molecule has 3 atom stereocenters. The molecule has 0 heterocycles. The molecule has 2 nitrogen and oxygen atoms in total. The van der Waals surface area contributed by atoms with Gasteiger partial charge in [-0.3, -0.25) is 0 Å². The maximum Gasteiger partial charge on any atom is 0.0672 e. The van der Waals surface area contributed by atoms with Crippen molar-refractivity contribution in [3.05, 3.63) is 0 Å². The van der Waals surface area contributed by atoms with Gasteiger partial charge >= 0.3 is 0 Å². The maximum absolute atomic E-state index is 9.27. The summed E-state index contributed by atoms with van der Waals surface area (Å²) in [6.45, 7) is 7.95. The van der Waals surface area contributed by atoms with Gasteiger partial charge in [-0.2, -0.15) is 5.26 Å². The van der Waals surface area contributed by atoms with E-state index in [1.54, 1.807) is 0 Å². The Labute approximate surface area is 107 Å². The molecule has 0 aromatic carbocycles. The molecular weight excluding hydrogens is 208 g/mol. The van der Waals surface area contributed by atoms with E-state index in [1.807, 2.05) is 0 Å². The van der Waals surface area contributed by atoms with Crippen LogP contribution >= 0.6 is 0 Å². The summed E-state index contributed by atoms with van der Waals surface area (Å²) in [5.74, 6) is 1.85. The van der Waals surface area contributed by atoms with Crippen molar-refractivity contribution >= 4 is 0 Å². The van der Waals surface area contributed by atoms with E-state index in [0.29, 0.717) is 6.04 Å². The van der Waals surface area contributed by atoms with Gasteiger partial charge in [0.25, 0.3) is 0 Å². The van der Waals surface area contributed by atoms with Gasteiger partial charge < -0.3 is 4.90 Å². The first-order valence-electron chi connectivity index (χ1n) is 7.18. The molecule has 1 aliphatic carbocycles. The molecule has 2 heteroatoms. The van der Waals surface area contributed by atoms with Crippen LogP contribution in [0, 0.1) is 29.1 Å². The Bertz CT molecular complexity index is 254. The molecule has 0 amide bonds. The summed E-state index contributed by atoms with van der Waals surface area (Å²) >= 11 is 0. The molecule has 0 saturated heterocycles. The second-order valence-corrected chi connectivity index (χ2v) is 6.05. The molecule has 0 radical (unpaired) electrons. The fourth-order valence-corrected chi connectivity index (χ4v) is 2.87. The molecule has 1 fully saturated rings. The molecule has 1 rings (SSSR count). The topological polar surface area (TPSA) is 27.0 Å². The van der Waals surface area contributed by atoms with E-state index in [0.717, 1.165) is 24.8 Å². The van der Waals surface area contributed by atoms with E-state index in [-0.39, 0.29) is 5.92 Å². The number of nitriles is 1. The first kappa shape index (κ1) is 14.5. The Morgan fingerprint density at radius 1 is 1.35 bits per heavy atom. The van der Waals surface area contributed by atoms with Crippen molar-refractivity contribution in [1.82, 2.24) is 4.90 Å². The molecule has 0 bridgehead atoms. The van der Waals surface area contributed by atoms with Crippen LogP contribution in [0.15, 0.2) is 0 Å². The van der Waals surface area contributed by atoms with Gasteiger partial charge in [-0.15, -0.1) is 0 Å². The summed E-state index contributed by atoms with van der Waals surface area (Å²) in [6, 6.07) is 3.02. The van der Waals surface area contributed by atoms with E-state index < -0.39 is 0 Å². The van der Waals surface area contributed by atoms with Gasteiger partial charge in [0.15, 0.2) is 0 Å². The van der Waals surface area contributed by atoms with Crippen molar-refractivity contribution in [2.75, 3.05) is 13.6 Å². The van der Waals surface area contributed by atoms with Crippen molar-refractivity contribution < 1.29 is 0 Å². The minimum Gasteiger partial charge on any atom is -0.302 e. The Kier molecular flexibility index (Phi) is 5.98. The quantitative estimate of drug-likeness (QED) is 0.728. The molecule has 98 valence electrons. The van der Waals surface area contributed by atoms with Gasteiger partial charge in [0.1, 0.15) is 0 Å². The second-order valence-electron chi connectivity index (χ2n) is 6.05. The van der Waals surface area contributed by atoms with Crippen LogP contribution in [-0.4, -0.2) is 24.5 Å². The average Bonchev–Trinajstić information content (AvgIpc) is 2.34. The van der Waals surface area contributed by atoms with E-state index in [9.17, 15) is 5.26 Å². The van der Waals surface area contributed by atoms with Crippen LogP contribution in [-0.2, 0) is 0 Å². The predicted octanol–water partition coefficient (Wildman–Crippen LogP) is 3.68. The molecule has 0 spiro atoms. The van der Waals surface area contributed by atoms with E-state index in [2.05, 4.69) is 38.8 Å². The Hall–Kier alpha value is -0.550. The number of hydrogen-bond acceptors (Lipinski definition) is 2. The molecule has 0 N–H and O–H groups in total. The van der Waals surface area contributed by atoms with Gasteiger partial charge in [0, 0.05) is 6.04 Å². The van der Waals surface area contributed by atoms with Crippen LogP contribution in [0.5, 0.6) is 0 Å². The normalized spacial score (nSPS) is 29.6. The number of hydrogen-bond donors (Lipinski definition) is 0. The molecular formula is C15H28N2. The maximum atomic E-state index is 9.27. The highest BCUT2D eigenvalue weighted by molar-refractivity contribution is 4.96. The van der Waals surface area contributed by atoms with Crippen LogP contribution < -0.4 is 0 Å². The number of rotatable bonds is 5. The zero-order valence-electron chi connectivity index (χ0n) is 11.9. The Morgan fingerprint density at radius 2 is 2.06 bits per heavy atom. The summed E-state index contributed by atoms with van der Waals surface area (Å²) in [5, 5.41) is 9.27. The molecule has 0 aromatic heterocycles. The van der Waals surface area contributed by atoms with E-state index >= 15 is 0 Å². The largest absolute Gasteiger partial charge is 0.302 e. The molecule has 1 saturated carbocycles. The third-order valence-corrected chi connectivity index (χ3v) is 4.29. The van der Waals surface area contributed by atoms with Gasteiger partial charge in [-0.1, -0.05) is 27.2 Å². The standard InChI is InChI=1S/C15H28N2/c1-5-13-6-7-14(11-16)15(10-13)17(4)9-8-12(2)3/h12-15H,5-10H2,1-4H3. The lowest BCUT2D eigenvalue weighted by molar-refractivity contribution is 0.119. The van der Waals surface area contributed by atoms with Gasteiger partial charge in [-0.05, 0) is 51.1 Å². The van der Waals surface area contributed by atoms with Crippen molar-refractivity contribution in [2.45, 2.75) is 58.9 Å². The monoisotopic (exact) mass is 236 g/mol. The van der Waals surface area contributed by atoms with Gasteiger partial charge in [-0.25, -0.2) is 0 Å². The third-order valence-electron chi connectivity index (χ3n) is 4.29. The smallest absolute Gasteiger partial charge is 0.0672 e. The van der Waals surface area contributed by atoms with Crippen molar-refractivity contribution in [3.63, 3.8) is 0 Å². The Morgan fingerprint density at radius 3 is 2.59 bits per heavy atom. The Balaban J connectivity index is 2.53. The minimum atomic E-state index is 0.259. The third kappa shape index (κ3) is 4.32. The van der Waals surface area contributed by atoms with Crippen LogP contribution in [0.2, 0.25) is 0 Å². The minimum absolute atomic E-state index is 0.259. The summed E-state index contributed by atoms with van der Waals surface area (Å²) in [7, 11) is 2.20. The van der Waals surface area contributed by atoms with Gasteiger partial charge in [0.05, 0.1) is 12.0 Å². The summed E-state index contributed by atoms with van der Waals surface area (Å²) in [6.07, 6.45) is 6.09. The van der Waals surface area contributed by atoms with Gasteiger partial charge in [0.2, 0.25) is 0 Å². The lowest BCUT2D eigenvalue weighted by Gasteiger charge is -2.38. The molecule has 0 aliphatic heterocycles. The fraction of sp³-hybridized carbons (Fsp3) is 0.933. The first-order chi connectivity index (χ1) is 8.08. The van der Waals surface area contributed by atoms with E-state index in [1.165, 1.54) is 25.7 Å². The zero-order chi connectivity index (χ0) is 12.8. The molecule has 17 heavy (non-hydrogen) atoms. The summed E-state index contributed by atoms with van der Waals surface area (Å²) in [5.41, 5.74) is 0. The van der Waals surface area contributed by atoms with Crippen molar-refractivity contribution in [2.24, 2.45) is 17.8 Å². The van der Waals surface area contributed by atoms with E-state index in [4.69, 9.17) is 0 Å². The van der Waals surface area contributed by atoms with Crippen molar-refractivity contribution in [1.29, 1.82) is 5.26 Å². The summed E-state index contributed by atoms with van der Waals surface area (Å²) < 4.78 is 0. The highest BCUT2D eigenvalue weighted by Gasteiger charge is 2.32. The van der Waals surface area contributed by atoms with Crippen LogP contribution in [0.1, 0.15) is 52.9 Å². The van der Waals surface area contributed by atoms with Crippen LogP contribution in [0.4, 0.5) is 0 Å². The highest BCUT2D eigenvalue weighted by Crippen LogP contribution is 2.33. The van der Waals surface area contributed by atoms with Crippen molar-refractivity contribution in [3.8, 4) is 6.07 Å². The molecule has 1 aliphatic rings. The lowest BCUT2D eigenvalue weighted by atomic mass is 9.77. The second kappa shape index (κ2) is 7.01. The molecule has 3 unspecified atom stereocenters. The lowest BCUT2D eigenvalue weighted by Crippen LogP contribution is -2.42. The summed E-state index contributed by atoms with van der Waals surface area (Å²) in [4.78, 5) is 2.44. The van der Waals surface area contributed by atoms with Crippen LogP contribution in [0.25, 0.3) is 0 Å². The highest BCUT2D eigenvalue weighted by atomic mass is 15.1. The first-order valence-corrected chi connectivity index (χ1v) is 7.18. The fourth-order valence-electron chi connectivity index (χ4n) is 2.87. The predicted molar refractivity (Wildman–Crippen MR) is 72.6 cm³/mol. The SMILES string of the molecule is CCC1CCC(C#N)C(N(C)CCC(C)C)C1. The number of nitrogens with zero attached hydrogens (tertiary/aromatic N) is 2. The van der Waals surface area contributed by atoms with Crippen LogP contribution in [0.3, 0.4) is 0 Å². The average molecular weight is 236 g/mol.